The number of thiophene rings is 1. The normalized spacial score (nSPS) is 10.5. The Hall–Kier alpha value is -5.52. The number of alkyl halides is 3. The summed E-state index contributed by atoms with van der Waals surface area (Å²) in [5.74, 6) is -2.44. The van der Waals surface area contributed by atoms with Crippen LogP contribution >= 0.6 is 35.3 Å². The molecule has 0 spiro atoms. The molecule has 3 N–H and O–H groups in total. The summed E-state index contributed by atoms with van der Waals surface area (Å²) >= 11 is 7.27. The van der Waals surface area contributed by atoms with Gasteiger partial charge >= 0.3 is 43.6 Å². The van der Waals surface area contributed by atoms with Gasteiger partial charge in [0.1, 0.15) is 5.69 Å². The predicted molar refractivity (Wildman–Crippen MR) is 212 cm³/mol. The molecule has 6 aromatic heterocycles. The van der Waals surface area contributed by atoms with Crippen molar-refractivity contribution in [1.29, 1.82) is 0 Å². The Bertz CT molecular complexity index is 2290. The van der Waals surface area contributed by atoms with Gasteiger partial charge in [0.25, 0.3) is 0 Å². The molecular formula is C38H30F3N7O6RuS3. The number of aromatic nitrogens is 6. The molecule has 0 radical (unpaired) electrons. The molecule has 300 valence electrons. The van der Waals surface area contributed by atoms with Crippen LogP contribution in [0.25, 0.3) is 50.0 Å². The number of isothiocyanates is 1. The zero-order chi connectivity index (χ0) is 41.5. The molecule has 6 rings (SSSR count). The number of carbonyl (C=O) groups is 3. The molecule has 58 heavy (non-hydrogen) atoms. The minimum atomic E-state index is -4.49. The van der Waals surface area contributed by atoms with Crippen molar-refractivity contribution >= 4 is 58.4 Å². The molecule has 0 saturated carbocycles. The smallest absolute Gasteiger partial charge is 0.753 e. The van der Waals surface area contributed by atoms with Crippen molar-refractivity contribution < 1.29 is 62.4 Å². The second-order valence-electron chi connectivity index (χ2n) is 11.6. The van der Waals surface area contributed by atoms with Crippen molar-refractivity contribution in [3.8, 4) is 44.6 Å². The van der Waals surface area contributed by atoms with E-state index in [-0.39, 0.29) is 64.6 Å². The monoisotopic (exact) mass is 935 g/mol. The Kier molecular flexibility index (Phi) is 18.1. The van der Waals surface area contributed by atoms with E-state index in [4.69, 9.17) is 15.6 Å². The van der Waals surface area contributed by atoms with Crippen LogP contribution in [0, 0.1) is 0 Å². The zero-order valence-electron chi connectivity index (χ0n) is 30.0. The summed E-state index contributed by atoms with van der Waals surface area (Å²) in [5, 5.41) is 42.8. The van der Waals surface area contributed by atoms with Crippen LogP contribution in [0.1, 0.15) is 69.4 Å². The second kappa shape index (κ2) is 22.4. The molecule has 0 atom stereocenters. The van der Waals surface area contributed by atoms with Crippen molar-refractivity contribution in [3.05, 3.63) is 113 Å². The zero-order valence-corrected chi connectivity index (χ0v) is 34.2. The molecule has 0 aliphatic rings. The van der Waals surface area contributed by atoms with E-state index in [1.165, 1.54) is 83.8 Å². The number of rotatable bonds is 13. The molecular weight excluding hydrogens is 905 g/mol. The van der Waals surface area contributed by atoms with Gasteiger partial charge in [-0.05, 0) is 78.9 Å². The van der Waals surface area contributed by atoms with Crippen molar-refractivity contribution in [3.63, 3.8) is 0 Å². The Morgan fingerprint density at radius 2 is 1.36 bits per heavy atom. The van der Waals surface area contributed by atoms with Gasteiger partial charge in [-0.15, -0.1) is 23.1 Å². The fourth-order valence-electron chi connectivity index (χ4n) is 4.83. The Morgan fingerprint density at radius 3 is 1.84 bits per heavy atom. The topological polar surface area (TPSA) is 213 Å². The third kappa shape index (κ3) is 13.6. The fraction of sp³-hybridized carbons (Fsp3) is 0.184. The number of aromatic carboxylic acids is 3. The van der Waals surface area contributed by atoms with Crippen molar-refractivity contribution in [1.82, 2.24) is 30.1 Å². The van der Waals surface area contributed by atoms with Gasteiger partial charge in [0.15, 0.2) is 0 Å². The van der Waals surface area contributed by atoms with E-state index in [1.54, 1.807) is 23.6 Å². The number of hydrogen-bond acceptors (Lipinski definition) is 11. The third-order valence-electron chi connectivity index (χ3n) is 7.57. The largest absolute Gasteiger partial charge is 2.00 e. The number of carboxylic acids is 3. The van der Waals surface area contributed by atoms with E-state index < -0.39 is 29.8 Å². The van der Waals surface area contributed by atoms with Crippen LogP contribution in [0.5, 0.6) is 0 Å². The summed E-state index contributed by atoms with van der Waals surface area (Å²) in [7, 11) is 0. The number of hydrogen-bond donors (Lipinski definition) is 3. The first-order chi connectivity index (χ1) is 27.2. The average molecular weight is 935 g/mol. The number of pyridine rings is 4. The predicted octanol–water partition coefficient (Wildman–Crippen LogP) is 9.48. The number of unbranched alkanes of at least 4 members (excludes halogenated alkanes) is 3. The van der Waals surface area contributed by atoms with Gasteiger partial charge in [0.05, 0.1) is 43.7 Å². The molecule has 6 aromatic rings. The van der Waals surface area contributed by atoms with Gasteiger partial charge in [-0.25, -0.2) is 19.4 Å². The van der Waals surface area contributed by atoms with E-state index in [1.807, 2.05) is 17.8 Å². The molecule has 0 amide bonds. The summed E-state index contributed by atoms with van der Waals surface area (Å²) in [5.41, 5.74) is 0.824. The minimum absolute atomic E-state index is 0. The SMILES string of the molecule is CCCCCCSc1ccc(-c2ccc(-c3cc(C(F)(F)F)n[n-]3)nc2)s1.O=C(O)c1ccnc(-c2cc(C(=O)O)cc(-c3cc(C(=O)O)ccn3)n2)c1.[N-]=C=S.[Ru+2]. The van der Waals surface area contributed by atoms with Crippen molar-refractivity contribution in [2.24, 2.45) is 0 Å². The van der Waals surface area contributed by atoms with Gasteiger partial charge in [0, 0.05) is 34.7 Å². The summed E-state index contributed by atoms with van der Waals surface area (Å²) < 4.78 is 39.2. The van der Waals surface area contributed by atoms with E-state index in [0.29, 0.717) is 5.69 Å². The quantitative estimate of drug-likeness (QED) is 0.0324. The maximum absolute atomic E-state index is 12.6. The van der Waals surface area contributed by atoms with Crippen molar-refractivity contribution in [2.75, 3.05) is 5.75 Å². The number of halogens is 3. The van der Waals surface area contributed by atoms with Crippen molar-refractivity contribution in [2.45, 2.75) is 43.0 Å². The average Bonchev–Trinajstić information content (AvgIpc) is 3.90. The van der Waals surface area contributed by atoms with Crippen LogP contribution in [-0.4, -0.2) is 69.2 Å². The van der Waals surface area contributed by atoms with Crippen LogP contribution < -0.4 is 5.10 Å². The van der Waals surface area contributed by atoms with E-state index in [2.05, 4.69) is 61.4 Å². The van der Waals surface area contributed by atoms with Crippen LogP contribution in [0.2, 0.25) is 0 Å². The van der Waals surface area contributed by atoms with Gasteiger partial charge in [0.2, 0.25) is 0 Å². The Morgan fingerprint density at radius 1 is 0.793 bits per heavy atom. The minimum Gasteiger partial charge on any atom is -0.753 e. The standard InChI is InChI=1S/C19H19F3N3S2.C18H11N3O6.CNS.Ru/c1-2-3-4-5-10-26-18-9-8-16(27-18)13-6-7-14(23-12-13)15-11-17(25-24-15)19(20,21)22;22-16(23)9-1-3-19-12(5-9)14-7-11(18(26)27)8-15(21-14)13-6-10(17(24)25)2-4-20-13;2-1-3;/h6-9,11-12H,2-5,10H2,1H3;1-8H,(H,22,23)(H,24,25)(H,26,27);;/q-1;;-1;+2. The Balaban J connectivity index is 0.000000286. The maximum Gasteiger partial charge on any atom is 2.00 e. The molecule has 0 fully saturated rings. The van der Waals surface area contributed by atoms with Crippen LogP contribution in [0.4, 0.5) is 13.2 Å². The van der Waals surface area contributed by atoms with E-state index in [9.17, 15) is 32.7 Å². The molecule has 0 bridgehead atoms. The first-order valence-corrected chi connectivity index (χ1v) is 18.9. The number of thiocarbonyl (C=S) groups is 1. The molecule has 0 aromatic carbocycles. The van der Waals surface area contributed by atoms with Gasteiger partial charge < -0.3 is 30.9 Å². The second-order valence-corrected chi connectivity index (χ2v) is 14.2. The summed E-state index contributed by atoms with van der Waals surface area (Å²) in [6.07, 6.45) is 4.74. The van der Waals surface area contributed by atoms with Crippen LogP contribution in [0.15, 0.2) is 89.5 Å². The molecule has 0 unspecified atom stereocenters. The first-order valence-electron chi connectivity index (χ1n) is 16.7. The molecule has 6 heterocycles. The summed E-state index contributed by atoms with van der Waals surface area (Å²) in [4.78, 5) is 51.5. The van der Waals surface area contributed by atoms with E-state index >= 15 is 0 Å². The molecule has 0 aliphatic carbocycles. The van der Waals surface area contributed by atoms with Gasteiger partial charge in [-0.3, -0.25) is 15.0 Å². The van der Waals surface area contributed by atoms with Gasteiger partial charge in [-0.2, -0.15) is 18.3 Å². The Labute approximate surface area is 355 Å². The number of thioether (sulfide) groups is 1. The number of nitrogens with zero attached hydrogens (tertiary/aromatic N) is 7. The molecule has 13 nitrogen and oxygen atoms in total. The number of carboxylic acid groups (broad SMARTS) is 3. The van der Waals surface area contributed by atoms with Crippen LogP contribution in [-0.2, 0) is 25.7 Å². The maximum atomic E-state index is 12.6. The summed E-state index contributed by atoms with van der Waals surface area (Å²) in [6, 6.07) is 16.2. The first kappa shape index (κ1) is 46.9. The molecule has 0 saturated heterocycles. The summed E-state index contributed by atoms with van der Waals surface area (Å²) in [6.45, 7) is 2.21. The molecule has 0 aliphatic heterocycles. The van der Waals surface area contributed by atoms with Gasteiger partial charge in [-0.1, -0.05) is 44.1 Å². The third-order valence-corrected chi connectivity index (χ3v) is 10.0. The molecule has 20 heteroatoms. The van der Waals surface area contributed by atoms with Crippen LogP contribution in [0.3, 0.4) is 0 Å². The fourth-order valence-corrected chi connectivity index (χ4v) is 7.02. The van der Waals surface area contributed by atoms with E-state index in [0.717, 1.165) is 22.3 Å².